The minimum Gasteiger partial charge on any atom is -0.370 e. The summed E-state index contributed by atoms with van der Waals surface area (Å²) in [6.45, 7) is 6.64. The molecule has 3 N–H and O–H groups in total. The summed E-state index contributed by atoms with van der Waals surface area (Å²) in [6, 6.07) is 0.433. The Balaban J connectivity index is 3.46. The highest BCUT2D eigenvalue weighted by atomic mass is 15.1. The fourth-order valence-corrected chi connectivity index (χ4v) is 1.22. The highest BCUT2D eigenvalue weighted by molar-refractivity contribution is 5.77. The van der Waals surface area contributed by atoms with E-state index in [0.29, 0.717) is 12.0 Å². The average Bonchev–Trinajstić information content (AvgIpc) is 2.03. The van der Waals surface area contributed by atoms with E-state index in [1.165, 1.54) is 12.8 Å². The largest absolute Gasteiger partial charge is 0.370 e. The molecule has 0 rings (SSSR count). The second-order valence-corrected chi connectivity index (χ2v) is 3.98. The molecule has 3 heteroatoms. The van der Waals surface area contributed by atoms with Gasteiger partial charge in [-0.2, -0.15) is 0 Å². The maximum Gasteiger partial charge on any atom is 0.188 e. The third-order valence-electron chi connectivity index (χ3n) is 2.05. The maximum atomic E-state index is 5.54. The summed E-state index contributed by atoms with van der Waals surface area (Å²) in [5.74, 6) is 1.33. The Labute approximate surface area is 81.8 Å². The van der Waals surface area contributed by atoms with Crippen molar-refractivity contribution in [2.45, 2.75) is 46.1 Å². The number of nitrogens with one attached hydrogen (secondary N) is 1. The van der Waals surface area contributed by atoms with Crippen molar-refractivity contribution in [1.29, 1.82) is 0 Å². The quantitative estimate of drug-likeness (QED) is 0.506. The molecule has 0 aromatic carbocycles. The molecule has 0 saturated carbocycles. The average molecular weight is 185 g/mol. The van der Waals surface area contributed by atoms with Crippen molar-refractivity contribution >= 4 is 5.96 Å². The van der Waals surface area contributed by atoms with Crippen LogP contribution in [0.3, 0.4) is 0 Å². The van der Waals surface area contributed by atoms with Gasteiger partial charge in [0, 0.05) is 13.1 Å². The van der Waals surface area contributed by atoms with E-state index in [2.05, 4.69) is 31.1 Å². The van der Waals surface area contributed by atoms with Gasteiger partial charge in [-0.25, -0.2) is 0 Å². The molecule has 13 heavy (non-hydrogen) atoms. The smallest absolute Gasteiger partial charge is 0.188 e. The van der Waals surface area contributed by atoms with Crippen LogP contribution >= 0.6 is 0 Å². The van der Waals surface area contributed by atoms with Gasteiger partial charge in [-0.15, -0.1) is 0 Å². The molecule has 0 aliphatic carbocycles. The molecule has 0 aliphatic heterocycles. The Hall–Kier alpha value is -0.730. The normalized spacial score (nSPS) is 14.7. The van der Waals surface area contributed by atoms with Gasteiger partial charge in [0.05, 0.1) is 0 Å². The summed E-state index contributed by atoms with van der Waals surface area (Å²) in [5, 5.41) is 3.13. The highest BCUT2D eigenvalue weighted by Crippen LogP contribution is 2.07. The number of nitrogens with zero attached hydrogens (tertiary/aromatic N) is 1. The monoisotopic (exact) mass is 185 g/mol. The summed E-state index contributed by atoms with van der Waals surface area (Å²) >= 11 is 0. The SMILES string of the molecule is CN=C(N)NC(C)CCCC(C)C. The van der Waals surface area contributed by atoms with Gasteiger partial charge in [-0.1, -0.05) is 26.7 Å². The van der Waals surface area contributed by atoms with Crippen molar-refractivity contribution < 1.29 is 0 Å². The molecular formula is C10H23N3. The fourth-order valence-electron chi connectivity index (χ4n) is 1.22. The standard InChI is InChI=1S/C10H23N3/c1-8(2)6-5-7-9(3)13-10(11)12-4/h8-9H,5-7H2,1-4H3,(H3,11,12,13). The Kier molecular flexibility index (Phi) is 6.37. The molecule has 0 radical (unpaired) electrons. The molecule has 0 fully saturated rings. The first kappa shape index (κ1) is 12.3. The minimum atomic E-state index is 0.433. The van der Waals surface area contributed by atoms with Gasteiger partial charge in [0.2, 0.25) is 0 Å². The Morgan fingerprint density at radius 1 is 1.31 bits per heavy atom. The van der Waals surface area contributed by atoms with Crippen LogP contribution < -0.4 is 11.1 Å². The first-order chi connectivity index (χ1) is 6.06. The molecule has 0 aliphatic rings. The second kappa shape index (κ2) is 6.75. The van der Waals surface area contributed by atoms with Crippen molar-refractivity contribution in [3.8, 4) is 0 Å². The highest BCUT2D eigenvalue weighted by Gasteiger charge is 2.02. The van der Waals surface area contributed by atoms with Crippen molar-refractivity contribution in [2.75, 3.05) is 7.05 Å². The number of guanidine groups is 1. The molecular weight excluding hydrogens is 162 g/mol. The maximum absolute atomic E-state index is 5.54. The van der Waals surface area contributed by atoms with Crippen molar-refractivity contribution in [3.63, 3.8) is 0 Å². The van der Waals surface area contributed by atoms with E-state index in [9.17, 15) is 0 Å². The number of hydrogen-bond acceptors (Lipinski definition) is 1. The van der Waals surface area contributed by atoms with Gasteiger partial charge in [-0.05, 0) is 19.3 Å². The zero-order valence-corrected chi connectivity index (χ0v) is 9.30. The lowest BCUT2D eigenvalue weighted by Crippen LogP contribution is -2.38. The molecule has 0 aromatic heterocycles. The van der Waals surface area contributed by atoms with Crippen LogP contribution in [-0.4, -0.2) is 19.0 Å². The van der Waals surface area contributed by atoms with Gasteiger partial charge in [-0.3, -0.25) is 4.99 Å². The predicted octanol–water partition coefficient (Wildman–Crippen LogP) is 1.74. The van der Waals surface area contributed by atoms with E-state index in [1.54, 1.807) is 7.05 Å². The molecule has 78 valence electrons. The van der Waals surface area contributed by atoms with Gasteiger partial charge in [0.1, 0.15) is 0 Å². The van der Waals surface area contributed by atoms with Gasteiger partial charge in [0.25, 0.3) is 0 Å². The summed E-state index contributed by atoms with van der Waals surface area (Å²) in [7, 11) is 1.70. The van der Waals surface area contributed by atoms with Crippen LogP contribution in [0, 0.1) is 5.92 Å². The van der Waals surface area contributed by atoms with Crippen LogP contribution in [0.25, 0.3) is 0 Å². The van der Waals surface area contributed by atoms with Crippen LogP contribution in [0.4, 0.5) is 0 Å². The summed E-state index contributed by atoms with van der Waals surface area (Å²) in [6.07, 6.45) is 3.70. The lowest BCUT2D eigenvalue weighted by atomic mass is 10.0. The van der Waals surface area contributed by atoms with Gasteiger partial charge < -0.3 is 11.1 Å². The molecule has 0 spiro atoms. The third kappa shape index (κ3) is 7.62. The molecule has 0 aromatic rings. The van der Waals surface area contributed by atoms with Gasteiger partial charge in [0.15, 0.2) is 5.96 Å². The number of hydrogen-bond donors (Lipinski definition) is 2. The second-order valence-electron chi connectivity index (χ2n) is 3.98. The number of aliphatic imine (C=N–C) groups is 1. The molecule has 1 unspecified atom stereocenters. The zero-order chi connectivity index (χ0) is 10.3. The van der Waals surface area contributed by atoms with Crippen molar-refractivity contribution in [1.82, 2.24) is 5.32 Å². The van der Waals surface area contributed by atoms with Crippen LogP contribution in [-0.2, 0) is 0 Å². The zero-order valence-electron chi connectivity index (χ0n) is 9.30. The van der Waals surface area contributed by atoms with Crippen molar-refractivity contribution in [2.24, 2.45) is 16.6 Å². The third-order valence-corrected chi connectivity index (χ3v) is 2.05. The number of nitrogens with two attached hydrogens (primary N) is 1. The molecule has 1 atom stereocenters. The lowest BCUT2D eigenvalue weighted by Gasteiger charge is -2.14. The lowest BCUT2D eigenvalue weighted by molar-refractivity contribution is 0.493. The molecule has 3 nitrogen and oxygen atoms in total. The molecule has 0 amide bonds. The van der Waals surface area contributed by atoms with E-state index < -0.39 is 0 Å². The van der Waals surface area contributed by atoms with E-state index >= 15 is 0 Å². The first-order valence-corrected chi connectivity index (χ1v) is 5.05. The fraction of sp³-hybridized carbons (Fsp3) is 0.900. The van der Waals surface area contributed by atoms with Crippen LogP contribution in [0.2, 0.25) is 0 Å². The molecule has 0 bridgehead atoms. The van der Waals surface area contributed by atoms with Crippen LogP contribution in [0.15, 0.2) is 4.99 Å². The Bertz CT molecular complexity index is 152. The van der Waals surface area contributed by atoms with Crippen LogP contribution in [0.1, 0.15) is 40.0 Å². The molecule has 0 saturated heterocycles. The van der Waals surface area contributed by atoms with Crippen molar-refractivity contribution in [3.05, 3.63) is 0 Å². The van der Waals surface area contributed by atoms with E-state index in [0.717, 1.165) is 12.3 Å². The van der Waals surface area contributed by atoms with Gasteiger partial charge >= 0.3 is 0 Å². The van der Waals surface area contributed by atoms with Crippen LogP contribution in [0.5, 0.6) is 0 Å². The minimum absolute atomic E-state index is 0.433. The Morgan fingerprint density at radius 2 is 1.92 bits per heavy atom. The summed E-state index contributed by atoms with van der Waals surface area (Å²) < 4.78 is 0. The molecule has 0 heterocycles. The number of rotatable bonds is 5. The van der Waals surface area contributed by atoms with E-state index in [4.69, 9.17) is 5.73 Å². The first-order valence-electron chi connectivity index (χ1n) is 5.05. The summed E-state index contributed by atoms with van der Waals surface area (Å²) in [4.78, 5) is 3.85. The predicted molar refractivity (Wildman–Crippen MR) is 58.8 cm³/mol. The van der Waals surface area contributed by atoms with E-state index in [-0.39, 0.29) is 0 Å². The van der Waals surface area contributed by atoms with E-state index in [1.807, 2.05) is 0 Å². The summed E-state index contributed by atoms with van der Waals surface area (Å²) in [5.41, 5.74) is 5.54. The Morgan fingerprint density at radius 3 is 2.38 bits per heavy atom. The topological polar surface area (TPSA) is 50.4 Å².